The molecule has 0 saturated carbocycles. The number of benzene rings is 2. The summed E-state index contributed by atoms with van der Waals surface area (Å²) in [5, 5.41) is 9.11. The fraction of sp³-hybridized carbons (Fsp3) is 0. The molecule has 1 N–H and O–H groups in total. The Bertz CT molecular complexity index is 955. The quantitative estimate of drug-likeness (QED) is 0.534. The zero-order chi connectivity index (χ0) is 12.1. The van der Waals surface area contributed by atoms with Crippen LogP contribution in [0.4, 0.5) is 0 Å². The van der Waals surface area contributed by atoms with Crippen molar-refractivity contribution in [1.29, 1.82) is 5.41 Å². The highest BCUT2D eigenvalue weighted by Crippen LogP contribution is 2.18. The van der Waals surface area contributed by atoms with E-state index >= 15 is 0 Å². The molecule has 0 amide bonds. The lowest BCUT2D eigenvalue weighted by Gasteiger charge is -1.98. The number of aromatic nitrogens is 2. The van der Waals surface area contributed by atoms with Crippen LogP contribution < -0.4 is 5.49 Å². The standard InChI is InChI=1S/C14H9N3O.ClH/c15-13-9-5-1-2-6-10(9)16-14-17(13)11-7-3-4-8-12(11)18-14;/h1-8,15H;1H. The van der Waals surface area contributed by atoms with Crippen LogP contribution in [0.5, 0.6) is 0 Å². The number of nitrogens with zero attached hydrogens (tertiary/aromatic N) is 2. The molecule has 2 aromatic carbocycles. The van der Waals surface area contributed by atoms with Gasteiger partial charge in [0.1, 0.15) is 5.49 Å². The summed E-state index contributed by atoms with van der Waals surface area (Å²) >= 11 is 0. The highest BCUT2D eigenvalue weighted by molar-refractivity contribution is 5.85. The van der Waals surface area contributed by atoms with Gasteiger partial charge in [0.25, 0.3) is 0 Å². The van der Waals surface area contributed by atoms with Crippen molar-refractivity contribution in [2.75, 3.05) is 0 Å². The van der Waals surface area contributed by atoms with E-state index in [1.54, 1.807) is 4.40 Å². The molecule has 0 saturated heterocycles. The average molecular weight is 272 g/mol. The molecule has 2 heterocycles. The minimum absolute atomic E-state index is 0. The second-order valence-corrected chi connectivity index (χ2v) is 4.17. The van der Waals surface area contributed by atoms with Crippen LogP contribution in [0.15, 0.2) is 52.9 Å². The molecule has 4 rings (SSSR count). The highest BCUT2D eigenvalue weighted by Gasteiger charge is 2.09. The van der Waals surface area contributed by atoms with Gasteiger partial charge < -0.3 is 4.42 Å². The fourth-order valence-corrected chi connectivity index (χ4v) is 2.26. The predicted octanol–water partition coefficient (Wildman–Crippen LogP) is 3.13. The molecular formula is C14H10ClN3O. The Kier molecular flexibility index (Phi) is 2.54. The summed E-state index contributed by atoms with van der Waals surface area (Å²) in [6.45, 7) is 0. The van der Waals surface area contributed by atoms with Crippen LogP contribution in [-0.4, -0.2) is 9.38 Å². The molecular weight excluding hydrogens is 262 g/mol. The van der Waals surface area contributed by atoms with Crippen molar-refractivity contribution in [3.05, 3.63) is 54.0 Å². The summed E-state index contributed by atoms with van der Waals surface area (Å²) in [5.74, 6) is 0.458. The Hall–Kier alpha value is -2.33. The number of rotatable bonds is 0. The SMILES string of the molecule is Cl.N=c1c2ccccc2nc2oc3ccccc3n12. The molecule has 0 radical (unpaired) electrons. The minimum Gasteiger partial charge on any atom is -0.423 e. The van der Waals surface area contributed by atoms with Gasteiger partial charge in [-0.1, -0.05) is 24.3 Å². The molecule has 94 valence electrons. The molecule has 4 nitrogen and oxygen atoms in total. The summed E-state index contributed by atoms with van der Waals surface area (Å²) in [6.07, 6.45) is 0. The van der Waals surface area contributed by atoms with Gasteiger partial charge in [-0.15, -0.1) is 12.4 Å². The van der Waals surface area contributed by atoms with Gasteiger partial charge in [0.15, 0.2) is 5.58 Å². The van der Waals surface area contributed by atoms with Crippen LogP contribution in [0, 0.1) is 5.41 Å². The third-order valence-corrected chi connectivity index (χ3v) is 3.10. The van der Waals surface area contributed by atoms with E-state index in [0.29, 0.717) is 11.3 Å². The van der Waals surface area contributed by atoms with Crippen LogP contribution in [0.2, 0.25) is 0 Å². The molecule has 0 unspecified atom stereocenters. The first-order valence-electron chi connectivity index (χ1n) is 5.68. The lowest BCUT2D eigenvalue weighted by molar-refractivity contribution is 0.635. The van der Waals surface area contributed by atoms with Gasteiger partial charge in [-0.3, -0.25) is 5.41 Å². The third-order valence-electron chi connectivity index (χ3n) is 3.10. The lowest BCUT2D eigenvalue weighted by atomic mass is 10.2. The van der Waals surface area contributed by atoms with Crippen molar-refractivity contribution in [3.63, 3.8) is 0 Å². The molecule has 5 heteroatoms. The van der Waals surface area contributed by atoms with Gasteiger partial charge >= 0.3 is 5.84 Å². The molecule has 4 aromatic rings. The zero-order valence-electron chi connectivity index (χ0n) is 9.83. The van der Waals surface area contributed by atoms with Crippen LogP contribution in [0.3, 0.4) is 0 Å². The second-order valence-electron chi connectivity index (χ2n) is 4.17. The molecule has 0 bridgehead atoms. The summed E-state index contributed by atoms with van der Waals surface area (Å²) in [7, 11) is 0. The van der Waals surface area contributed by atoms with Crippen LogP contribution in [-0.2, 0) is 0 Å². The van der Waals surface area contributed by atoms with Crippen molar-refractivity contribution in [2.45, 2.75) is 0 Å². The van der Waals surface area contributed by atoms with E-state index in [2.05, 4.69) is 4.98 Å². The average Bonchev–Trinajstić information content (AvgIpc) is 2.77. The van der Waals surface area contributed by atoms with E-state index in [-0.39, 0.29) is 12.4 Å². The Morgan fingerprint density at radius 3 is 2.63 bits per heavy atom. The molecule has 2 aromatic heterocycles. The molecule has 0 fully saturated rings. The van der Waals surface area contributed by atoms with E-state index < -0.39 is 0 Å². The summed E-state index contributed by atoms with van der Waals surface area (Å²) in [5.41, 5.74) is 2.80. The maximum absolute atomic E-state index is 8.29. The largest absolute Gasteiger partial charge is 0.423 e. The summed E-state index contributed by atoms with van der Waals surface area (Å²) < 4.78 is 7.41. The first kappa shape index (κ1) is 11.7. The number of nitrogens with one attached hydrogen (secondary N) is 1. The zero-order valence-corrected chi connectivity index (χ0v) is 10.6. The summed E-state index contributed by atoms with van der Waals surface area (Å²) in [6, 6.07) is 15.3. The van der Waals surface area contributed by atoms with Crippen LogP contribution in [0.1, 0.15) is 0 Å². The molecule has 0 aliphatic heterocycles. The van der Waals surface area contributed by atoms with E-state index in [1.165, 1.54) is 0 Å². The van der Waals surface area contributed by atoms with E-state index in [9.17, 15) is 0 Å². The maximum atomic E-state index is 8.29. The van der Waals surface area contributed by atoms with Gasteiger partial charge in [-0.05, 0) is 24.3 Å². The second kappa shape index (κ2) is 4.10. The van der Waals surface area contributed by atoms with E-state index in [0.717, 1.165) is 22.0 Å². The fourth-order valence-electron chi connectivity index (χ4n) is 2.26. The lowest BCUT2D eigenvalue weighted by Crippen LogP contribution is -2.13. The Balaban J connectivity index is 0.00000110. The molecule has 0 aliphatic carbocycles. The molecule has 0 spiro atoms. The van der Waals surface area contributed by atoms with E-state index in [1.807, 2.05) is 48.5 Å². The highest BCUT2D eigenvalue weighted by atomic mass is 35.5. The Morgan fingerprint density at radius 2 is 1.74 bits per heavy atom. The third kappa shape index (κ3) is 1.54. The van der Waals surface area contributed by atoms with Gasteiger partial charge in [-0.25, -0.2) is 4.40 Å². The van der Waals surface area contributed by atoms with Crippen LogP contribution >= 0.6 is 12.4 Å². The number of halogens is 1. The Labute approximate surface area is 114 Å². The van der Waals surface area contributed by atoms with Gasteiger partial charge in [0.2, 0.25) is 0 Å². The number of para-hydroxylation sites is 3. The molecule has 0 aliphatic rings. The normalized spacial score (nSPS) is 10.9. The number of fused-ring (bicyclic) bond motifs is 4. The van der Waals surface area contributed by atoms with Gasteiger partial charge in [-0.2, -0.15) is 4.98 Å². The topological polar surface area (TPSA) is 54.3 Å². The Morgan fingerprint density at radius 1 is 1.00 bits per heavy atom. The van der Waals surface area contributed by atoms with Crippen molar-refractivity contribution in [1.82, 2.24) is 9.38 Å². The number of oxazole rings is 1. The maximum Gasteiger partial charge on any atom is 0.309 e. The minimum atomic E-state index is 0. The number of hydrogen-bond donors (Lipinski definition) is 1. The molecule has 0 atom stereocenters. The predicted molar refractivity (Wildman–Crippen MR) is 75.6 cm³/mol. The molecule has 19 heavy (non-hydrogen) atoms. The van der Waals surface area contributed by atoms with Gasteiger partial charge in [0, 0.05) is 5.39 Å². The van der Waals surface area contributed by atoms with Gasteiger partial charge in [0.05, 0.1) is 11.0 Å². The van der Waals surface area contributed by atoms with Crippen molar-refractivity contribution < 1.29 is 4.42 Å². The van der Waals surface area contributed by atoms with Crippen molar-refractivity contribution >= 4 is 40.3 Å². The van der Waals surface area contributed by atoms with Crippen LogP contribution in [0.25, 0.3) is 27.8 Å². The van der Waals surface area contributed by atoms with Crippen molar-refractivity contribution in [2.24, 2.45) is 0 Å². The first-order chi connectivity index (χ1) is 8.84. The van der Waals surface area contributed by atoms with E-state index in [4.69, 9.17) is 9.83 Å². The smallest absolute Gasteiger partial charge is 0.309 e. The summed E-state index contributed by atoms with van der Waals surface area (Å²) in [4.78, 5) is 4.45. The van der Waals surface area contributed by atoms with Crippen molar-refractivity contribution in [3.8, 4) is 0 Å². The monoisotopic (exact) mass is 271 g/mol. The first-order valence-corrected chi connectivity index (χ1v) is 5.68. The number of hydrogen-bond acceptors (Lipinski definition) is 3.